The highest BCUT2D eigenvalue weighted by molar-refractivity contribution is 5.41. The molecule has 1 atom stereocenters. The fraction of sp³-hybridized carbons (Fsp3) is 0.706. The smallest absolute Gasteiger partial charge is 0.250 e. The molecule has 1 aromatic rings. The van der Waals surface area contributed by atoms with Gasteiger partial charge in [0.25, 0.3) is 5.56 Å². The molecule has 1 aliphatic rings. The summed E-state index contributed by atoms with van der Waals surface area (Å²) in [5, 5.41) is 3.62. The summed E-state index contributed by atoms with van der Waals surface area (Å²) in [4.78, 5) is 14.3. The summed E-state index contributed by atoms with van der Waals surface area (Å²) in [6.45, 7) is 8.76. The lowest BCUT2D eigenvalue weighted by Gasteiger charge is -2.20. The van der Waals surface area contributed by atoms with Crippen LogP contribution in [0.4, 0.5) is 5.69 Å². The van der Waals surface area contributed by atoms with E-state index >= 15 is 0 Å². The van der Waals surface area contributed by atoms with Gasteiger partial charge < -0.3 is 14.8 Å². The van der Waals surface area contributed by atoms with Crippen molar-refractivity contribution in [3.8, 4) is 0 Å². The minimum atomic E-state index is 0.0948. The van der Waals surface area contributed by atoms with Crippen molar-refractivity contribution in [1.29, 1.82) is 0 Å². The average molecular weight is 291 g/mol. The Morgan fingerprint density at radius 3 is 2.71 bits per heavy atom. The molecule has 1 N–H and O–H groups in total. The molecule has 0 aromatic carbocycles. The van der Waals surface area contributed by atoms with Crippen molar-refractivity contribution in [2.75, 3.05) is 25.0 Å². The molecule has 0 saturated carbocycles. The third-order valence-corrected chi connectivity index (χ3v) is 4.18. The summed E-state index contributed by atoms with van der Waals surface area (Å²) in [6, 6.07) is 4.13. The Bertz CT molecular complexity index is 483. The van der Waals surface area contributed by atoms with E-state index in [0.717, 1.165) is 18.7 Å². The Labute approximate surface area is 128 Å². The van der Waals surface area contributed by atoms with Crippen molar-refractivity contribution in [3.63, 3.8) is 0 Å². The van der Waals surface area contributed by atoms with Gasteiger partial charge in [-0.1, -0.05) is 13.8 Å². The van der Waals surface area contributed by atoms with Gasteiger partial charge in [0, 0.05) is 31.4 Å². The molecule has 1 aromatic heterocycles. The number of nitrogens with one attached hydrogen (secondary N) is 1. The van der Waals surface area contributed by atoms with Gasteiger partial charge in [-0.3, -0.25) is 4.79 Å². The van der Waals surface area contributed by atoms with Crippen LogP contribution in [-0.4, -0.2) is 35.1 Å². The number of nitrogens with zero attached hydrogens (tertiary/aromatic N) is 2. The molecule has 1 saturated heterocycles. The van der Waals surface area contributed by atoms with Crippen molar-refractivity contribution in [1.82, 2.24) is 9.47 Å². The molecule has 4 heteroatoms. The average Bonchev–Trinajstić information content (AvgIpc) is 2.69. The van der Waals surface area contributed by atoms with Crippen LogP contribution in [0.15, 0.2) is 23.1 Å². The van der Waals surface area contributed by atoms with Gasteiger partial charge >= 0.3 is 0 Å². The van der Waals surface area contributed by atoms with Gasteiger partial charge in [-0.2, -0.15) is 0 Å². The molecule has 0 radical (unpaired) electrons. The fourth-order valence-electron chi connectivity index (χ4n) is 3.11. The second kappa shape index (κ2) is 8.23. The first-order valence-electron chi connectivity index (χ1n) is 8.42. The van der Waals surface area contributed by atoms with Crippen LogP contribution >= 0.6 is 0 Å². The number of hydrogen-bond donors (Lipinski definition) is 1. The molecule has 2 heterocycles. The summed E-state index contributed by atoms with van der Waals surface area (Å²) in [5.74, 6) is 0. The zero-order valence-electron chi connectivity index (χ0n) is 13.5. The van der Waals surface area contributed by atoms with Crippen LogP contribution in [0.5, 0.6) is 0 Å². The molecule has 1 fully saturated rings. The monoisotopic (exact) mass is 291 g/mol. The van der Waals surface area contributed by atoms with Gasteiger partial charge in [-0.05, 0) is 51.3 Å². The molecule has 1 unspecified atom stereocenters. The van der Waals surface area contributed by atoms with Gasteiger partial charge in [0.1, 0.15) is 0 Å². The zero-order valence-corrected chi connectivity index (χ0v) is 13.5. The quantitative estimate of drug-likeness (QED) is 0.875. The highest BCUT2D eigenvalue weighted by Gasteiger charge is 2.16. The van der Waals surface area contributed by atoms with Gasteiger partial charge in [0.2, 0.25) is 0 Å². The number of aromatic nitrogens is 1. The van der Waals surface area contributed by atoms with E-state index in [-0.39, 0.29) is 5.56 Å². The van der Waals surface area contributed by atoms with E-state index in [4.69, 9.17) is 0 Å². The largest absolute Gasteiger partial charge is 0.381 e. The standard InChI is InChI=1S/C17H29N3O/c1-3-10-19-12-5-6-15(9-13-19)18-16-7-8-17(21)20(14-16)11-4-2/h7-8,14-15,18H,3-6,9-13H2,1-2H3. The summed E-state index contributed by atoms with van der Waals surface area (Å²) in [6.07, 6.45) is 7.85. The van der Waals surface area contributed by atoms with Crippen LogP contribution in [0, 0.1) is 0 Å². The Kier molecular flexibility index (Phi) is 6.30. The zero-order chi connectivity index (χ0) is 15.1. The maximum absolute atomic E-state index is 11.8. The molecule has 21 heavy (non-hydrogen) atoms. The molecule has 4 nitrogen and oxygen atoms in total. The molecule has 118 valence electrons. The van der Waals surface area contributed by atoms with E-state index in [2.05, 4.69) is 24.1 Å². The molecule has 0 amide bonds. The lowest BCUT2D eigenvalue weighted by molar-refractivity contribution is 0.285. The Hall–Kier alpha value is -1.29. The van der Waals surface area contributed by atoms with Gasteiger partial charge in [0.15, 0.2) is 0 Å². The number of anilines is 1. The number of rotatable bonds is 6. The van der Waals surface area contributed by atoms with E-state index in [0.29, 0.717) is 6.04 Å². The normalized spacial score (nSPS) is 20.2. The molecule has 0 aliphatic carbocycles. The molecular formula is C17H29N3O. The topological polar surface area (TPSA) is 37.3 Å². The summed E-state index contributed by atoms with van der Waals surface area (Å²) < 4.78 is 1.81. The summed E-state index contributed by atoms with van der Waals surface area (Å²) in [7, 11) is 0. The third kappa shape index (κ3) is 4.88. The second-order valence-electron chi connectivity index (χ2n) is 6.06. The first kappa shape index (κ1) is 16.1. The van der Waals surface area contributed by atoms with Crippen LogP contribution in [0.25, 0.3) is 0 Å². The number of hydrogen-bond acceptors (Lipinski definition) is 3. The van der Waals surface area contributed by atoms with E-state index in [1.54, 1.807) is 6.07 Å². The van der Waals surface area contributed by atoms with Crippen LogP contribution in [0.1, 0.15) is 46.0 Å². The summed E-state index contributed by atoms with van der Waals surface area (Å²) in [5.41, 5.74) is 1.18. The maximum Gasteiger partial charge on any atom is 0.250 e. The van der Waals surface area contributed by atoms with Crippen molar-refractivity contribution < 1.29 is 0 Å². The van der Waals surface area contributed by atoms with E-state index in [1.807, 2.05) is 16.8 Å². The van der Waals surface area contributed by atoms with Crippen LogP contribution in [-0.2, 0) is 6.54 Å². The van der Waals surface area contributed by atoms with Crippen molar-refractivity contribution in [3.05, 3.63) is 28.7 Å². The second-order valence-corrected chi connectivity index (χ2v) is 6.06. The van der Waals surface area contributed by atoms with Crippen molar-refractivity contribution in [2.45, 2.75) is 58.5 Å². The van der Waals surface area contributed by atoms with Crippen molar-refractivity contribution >= 4 is 5.69 Å². The van der Waals surface area contributed by atoms with Crippen LogP contribution in [0.2, 0.25) is 0 Å². The Morgan fingerprint density at radius 2 is 1.95 bits per heavy atom. The minimum Gasteiger partial charge on any atom is -0.381 e. The Balaban J connectivity index is 1.95. The molecule has 1 aliphatic heterocycles. The predicted octanol–water partition coefficient (Wildman–Crippen LogP) is 2.93. The van der Waals surface area contributed by atoms with E-state index < -0.39 is 0 Å². The van der Waals surface area contributed by atoms with Crippen LogP contribution < -0.4 is 10.9 Å². The fourth-order valence-corrected chi connectivity index (χ4v) is 3.11. The van der Waals surface area contributed by atoms with Gasteiger partial charge in [0.05, 0.1) is 5.69 Å². The molecular weight excluding hydrogens is 262 g/mol. The molecule has 0 bridgehead atoms. The lowest BCUT2D eigenvalue weighted by atomic mass is 10.1. The van der Waals surface area contributed by atoms with E-state index in [1.165, 1.54) is 45.3 Å². The lowest BCUT2D eigenvalue weighted by Crippen LogP contribution is -2.27. The van der Waals surface area contributed by atoms with Gasteiger partial charge in [-0.25, -0.2) is 0 Å². The highest BCUT2D eigenvalue weighted by atomic mass is 16.1. The van der Waals surface area contributed by atoms with Crippen LogP contribution in [0.3, 0.4) is 0 Å². The minimum absolute atomic E-state index is 0.0948. The SMILES string of the molecule is CCCN1CCCC(Nc2ccc(=O)n(CCC)c2)CC1. The number of aryl methyl sites for hydroxylation is 1. The molecule has 0 spiro atoms. The predicted molar refractivity (Wildman–Crippen MR) is 89.0 cm³/mol. The number of likely N-dealkylation sites (tertiary alicyclic amines) is 1. The maximum atomic E-state index is 11.8. The summed E-state index contributed by atoms with van der Waals surface area (Å²) >= 11 is 0. The third-order valence-electron chi connectivity index (χ3n) is 4.18. The first-order chi connectivity index (χ1) is 10.2. The number of pyridine rings is 1. The first-order valence-corrected chi connectivity index (χ1v) is 8.42. The Morgan fingerprint density at radius 1 is 1.14 bits per heavy atom. The highest BCUT2D eigenvalue weighted by Crippen LogP contribution is 2.16. The van der Waals surface area contributed by atoms with Gasteiger partial charge in [-0.15, -0.1) is 0 Å². The van der Waals surface area contributed by atoms with E-state index in [9.17, 15) is 4.79 Å². The molecule has 2 rings (SSSR count). The van der Waals surface area contributed by atoms with Crippen molar-refractivity contribution in [2.24, 2.45) is 0 Å².